The molecule has 31 heavy (non-hydrogen) atoms. The SMILES string of the molecule is CCC(Sc1nnc2c(=O)n(-c3ccccc3)ccn12)C(=O)Nc1cc(F)ccc1F. The number of rotatable bonds is 6. The number of hydrogen-bond donors (Lipinski definition) is 1. The van der Waals surface area contributed by atoms with Crippen LogP contribution in [0.15, 0.2) is 70.9 Å². The molecule has 1 atom stereocenters. The standard InChI is InChI=1S/C21H17F2N5O2S/c1-2-17(19(29)24-16-12-13(22)8-9-15(16)23)31-21-26-25-18-20(30)27(10-11-28(18)21)14-6-4-3-5-7-14/h3-12,17H,2H2,1H3,(H,24,29). The van der Waals surface area contributed by atoms with E-state index in [-0.39, 0.29) is 16.9 Å². The molecule has 2 aromatic heterocycles. The lowest BCUT2D eigenvalue weighted by atomic mass is 10.2. The van der Waals surface area contributed by atoms with Crippen LogP contribution in [0.3, 0.4) is 0 Å². The molecule has 7 nitrogen and oxygen atoms in total. The first kappa shape index (κ1) is 20.7. The molecule has 0 saturated carbocycles. The Bertz CT molecular complexity index is 1310. The Morgan fingerprint density at radius 3 is 2.65 bits per heavy atom. The zero-order valence-electron chi connectivity index (χ0n) is 16.3. The number of aromatic nitrogens is 4. The Labute approximate surface area is 179 Å². The van der Waals surface area contributed by atoms with E-state index in [9.17, 15) is 18.4 Å². The molecule has 2 aromatic carbocycles. The van der Waals surface area contributed by atoms with E-state index in [4.69, 9.17) is 0 Å². The van der Waals surface area contributed by atoms with Crippen molar-refractivity contribution in [2.24, 2.45) is 0 Å². The van der Waals surface area contributed by atoms with Gasteiger partial charge in [0.25, 0.3) is 0 Å². The summed E-state index contributed by atoms with van der Waals surface area (Å²) >= 11 is 1.09. The van der Waals surface area contributed by atoms with Crippen LogP contribution in [-0.4, -0.2) is 30.3 Å². The van der Waals surface area contributed by atoms with Crippen molar-refractivity contribution in [2.75, 3.05) is 5.32 Å². The van der Waals surface area contributed by atoms with Gasteiger partial charge in [0.05, 0.1) is 10.9 Å². The van der Waals surface area contributed by atoms with Crippen LogP contribution >= 0.6 is 11.8 Å². The number of carbonyl (C=O) groups is 1. The van der Waals surface area contributed by atoms with Crippen molar-refractivity contribution in [3.63, 3.8) is 0 Å². The molecule has 0 fully saturated rings. The van der Waals surface area contributed by atoms with Crippen LogP contribution in [-0.2, 0) is 4.79 Å². The van der Waals surface area contributed by atoms with Gasteiger partial charge in [0.1, 0.15) is 11.6 Å². The van der Waals surface area contributed by atoms with E-state index < -0.39 is 22.8 Å². The Kier molecular flexibility index (Phi) is 5.81. The zero-order valence-corrected chi connectivity index (χ0v) is 17.1. The van der Waals surface area contributed by atoms with E-state index in [2.05, 4.69) is 15.5 Å². The number of para-hydroxylation sites is 1. The number of benzene rings is 2. The number of halogens is 2. The summed E-state index contributed by atoms with van der Waals surface area (Å²) in [4.78, 5) is 25.4. The molecular weight excluding hydrogens is 424 g/mol. The number of fused-ring (bicyclic) bond motifs is 1. The van der Waals surface area contributed by atoms with E-state index >= 15 is 0 Å². The normalized spacial score (nSPS) is 12.1. The van der Waals surface area contributed by atoms with Gasteiger partial charge < -0.3 is 5.32 Å². The number of carbonyl (C=O) groups excluding carboxylic acids is 1. The topological polar surface area (TPSA) is 81.3 Å². The molecule has 1 N–H and O–H groups in total. The molecule has 1 unspecified atom stereocenters. The van der Waals surface area contributed by atoms with Crippen molar-refractivity contribution in [3.05, 3.63) is 82.9 Å². The lowest BCUT2D eigenvalue weighted by Gasteiger charge is -2.14. The number of hydrogen-bond acceptors (Lipinski definition) is 5. The highest BCUT2D eigenvalue weighted by molar-refractivity contribution is 8.00. The van der Waals surface area contributed by atoms with Crippen LogP contribution in [0.1, 0.15) is 13.3 Å². The first-order valence-corrected chi connectivity index (χ1v) is 10.3. The number of thioether (sulfide) groups is 1. The molecule has 0 radical (unpaired) electrons. The van der Waals surface area contributed by atoms with E-state index in [1.807, 2.05) is 18.2 Å². The highest BCUT2D eigenvalue weighted by Gasteiger charge is 2.23. The van der Waals surface area contributed by atoms with Gasteiger partial charge >= 0.3 is 5.56 Å². The fourth-order valence-electron chi connectivity index (χ4n) is 2.99. The summed E-state index contributed by atoms with van der Waals surface area (Å²) in [5.41, 5.74) is 0.212. The third-order valence-electron chi connectivity index (χ3n) is 4.57. The third-order valence-corrected chi connectivity index (χ3v) is 5.89. The average molecular weight is 441 g/mol. The maximum atomic E-state index is 13.9. The van der Waals surface area contributed by atoms with Gasteiger partial charge in [-0.25, -0.2) is 8.78 Å². The summed E-state index contributed by atoms with van der Waals surface area (Å²) in [6.45, 7) is 1.78. The van der Waals surface area contributed by atoms with Crippen LogP contribution in [0.5, 0.6) is 0 Å². The number of amides is 1. The molecule has 0 spiro atoms. The van der Waals surface area contributed by atoms with Crippen molar-refractivity contribution in [3.8, 4) is 5.69 Å². The molecule has 0 bridgehead atoms. The van der Waals surface area contributed by atoms with Gasteiger partial charge in [0.15, 0.2) is 5.16 Å². The highest BCUT2D eigenvalue weighted by Crippen LogP contribution is 2.26. The molecule has 0 aliphatic carbocycles. The predicted octanol–water partition coefficient (Wildman–Crippen LogP) is 3.67. The Morgan fingerprint density at radius 2 is 1.90 bits per heavy atom. The molecule has 2 heterocycles. The Balaban J connectivity index is 1.60. The van der Waals surface area contributed by atoms with E-state index in [1.165, 1.54) is 8.97 Å². The summed E-state index contributed by atoms with van der Waals surface area (Å²) in [6, 6.07) is 11.9. The van der Waals surface area contributed by atoms with Gasteiger partial charge in [0.2, 0.25) is 11.6 Å². The predicted molar refractivity (Wildman–Crippen MR) is 114 cm³/mol. The van der Waals surface area contributed by atoms with E-state index in [1.54, 1.807) is 31.5 Å². The van der Waals surface area contributed by atoms with Gasteiger partial charge in [-0.1, -0.05) is 36.9 Å². The summed E-state index contributed by atoms with van der Waals surface area (Å²) in [5.74, 6) is -1.90. The fraction of sp³-hybridized carbons (Fsp3) is 0.143. The molecule has 0 aliphatic heterocycles. The van der Waals surface area contributed by atoms with Gasteiger partial charge in [-0.2, -0.15) is 0 Å². The Morgan fingerprint density at radius 1 is 1.13 bits per heavy atom. The summed E-state index contributed by atoms with van der Waals surface area (Å²) in [5, 5.41) is 10.1. The largest absolute Gasteiger partial charge is 0.323 e. The van der Waals surface area contributed by atoms with Crippen LogP contribution < -0.4 is 10.9 Å². The van der Waals surface area contributed by atoms with Crippen molar-refractivity contribution < 1.29 is 13.6 Å². The summed E-state index contributed by atoms with van der Waals surface area (Å²) in [6.07, 6.45) is 3.63. The van der Waals surface area contributed by atoms with Crippen molar-refractivity contribution in [1.82, 2.24) is 19.2 Å². The first-order chi connectivity index (χ1) is 15.0. The van der Waals surface area contributed by atoms with Crippen LogP contribution in [0.25, 0.3) is 11.3 Å². The molecule has 0 aliphatic rings. The minimum Gasteiger partial charge on any atom is -0.323 e. The highest BCUT2D eigenvalue weighted by atomic mass is 32.2. The quantitative estimate of drug-likeness (QED) is 0.462. The van der Waals surface area contributed by atoms with E-state index in [0.29, 0.717) is 17.3 Å². The third kappa shape index (κ3) is 4.19. The van der Waals surface area contributed by atoms with Gasteiger partial charge in [0, 0.05) is 24.1 Å². The lowest BCUT2D eigenvalue weighted by molar-refractivity contribution is -0.115. The maximum absolute atomic E-state index is 13.9. The Hall–Kier alpha value is -3.53. The molecule has 4 aromatic rings. The van der Waals surface area contributed by atoms with Gasteiger partial charge in [-0.05, 0) is 30.7 Å². The van der Waals surface area contributed by atoms with E-state index in [0.717, 1.165) is 30.0 Å². The fourth-order valence-corrected chi connectivity index (χ4v) is 3.93. The molecular formula is C21H17F2N5O2S. The van der Waals surface area contributed by atoms with Crippen LogP contribution in [0.4, 0.5) is 14.5 Å². The maximum Gasteiger partial charge on any atom is 0.300 e. The smallest absolute Gasteiger partial charge is 0.300 e. The molecule has 158 valence electrons. The zero-order chi connectivity index (χ0) is 22.0. The molecule has 0 saturated heterocycles. The van der Waals surface area contributed by atoms with Crippen LogP contribution in [0, 0.1) is 11.6 Å². The minimum absolute atomic E-state index is 0.111. The average Bonchev–Trinajstić information content (AvgIpc) is 3.19. The van der Waals surface area contributed by atoms with Crippen molar-refractivity contribution in [2.45, 2.75) is 23.8 Å². The number of nitrogens with zero attached hydrogens (tertiary/aromatic N) is 4. The van der Waals surface area contributed by atoms with Crippen molar-refractivity contribution in [1.29, 1.82) is 0 Å². The second-order valence-corrected chi connectivity index (χ2v) is 7.78. The molecule has 10 heteroatoms. The second-order valence-electron chi connectivity index (χ2n) is 6.61. The van der Waals surface area contributed by atoms with Gasteiger partial charge in [-0.15, -0.1) is 10.2 Å². The minimum atomic E-state index is -0.732. The first-order valence-electron chi connectivity index (χ1n) is 9.42. The monoisotopic (exact) mass is 441 g/mol. The number of nitrogens with one attached hydrogen (secondary N) is 1. The lowest BCUT2D eigenvalue weighted by Crippen LogP contribution is -2.25. The van der Waals surface area contributed by atoms with Crippen molar-refractivity contribution >= 4 is 29.0 Å². The summed E-state index contributed by atoms with van der Waals surface area (Å²) < 4.78 is 30.2. The molecule has 4 rings (SSSR count). The molecule has 1 amide bonds. The van der Waals surface area contributed by atoms with Gasteiger partial charge in [-0.3, -0.25) is 18.6 Å². The second kappa shape index (κ2) is 8.68. The summed E-state index contributed by atoms with van der Waals surface area (Å²) in [7, 11) is 0. The van der Waals surface area contributed by atoms with Crippen LogP contribution in [0.2, 0.25) is 0 Å². The number of anilines is 1.